The van der Waals surface area contributed by atoms with Crippen molar-refractivity contribution < 1.29 is 18.0 Å². The fraction of sp³-hybridized carbons (Fsp3) is 0.0667. The fourth-order valence-corrected chi connectivity index (χ4v) is 3.61. The van der Waals surface area contributed by atoms with Crippen molar-refractivity contribution in [2.45, 2.75) is 6.43 Å². The molecular weight excluding hydrogens is 370 g/mol. The van der Waals surface area contributed by atoms with E-state index in [1.807, 2.05) is 24.3 Å². The number of rotatable bonds is 4. The van der Waals surface area contributed by atoms with Gasteiger partial charge in [-0.1, -0.05) is 23.5 Å². The smallest absolute Gasteiger partial charge is 0.293 e. The van der Waals surface area contributed by atoms with Gasteiger partial charge in [0, 0.05) is 0 Å². The third-order valence-electron chi connectivity index (χ3n) is 3.18. The maximum absolute atomic E-state index is 12.5. The third-order valence-corrected chi connectivity index (χ3v) is 5.08. The van der Waals surface area contributed by atoms with E-state index in [1.165, 1.54) is 17.4 Å². The number of nitrogens with zero attached hydrogens (tertiary/aromatic N) is 3. The van der Waals surface area contributed by atoms with Gasteiger partial charge in [0.05, 0.1) is 10.2 Å². The highest BCUT2D eigenvalue weighted by atomic mass is 32.1. The first-order valence-electron chi connectivity index (χ1n) is 6.99. The number of fused-ring (bicyclic) bond motifs is 1. The number of alkyl halides is 2. The van der Waals surface area contributed by atoms with E-state index < -0.39 is 17.3 Å². The van der Waals surface area contributed by atoms with Crippen LogP contribution in [-0.2, 0) is 0 Å². The normalized spacial score (nSPS) is 11.3. The molecule has 0 atom stereocenters. The maximum atomic E-state index is 12.5. The van der Waals surface area contributed by atoms with Crippen LogP contribution in [0.15, 0.2) is 40.8 Å². The fourth-order valence-electron chi connectivity index (χ4n) is 2.08. The topological polar surface area (TPSA) is 80.9 Å². The van der Waals surface area contributed by atoms with Crippen molar-refractivity contribution in [2.75, 3.05) is 5.32 Å². The first-order chi connectivity index (χ1) is 12.1. The Hall–Kier alpha value is -2.72. The van der Waals surface area contributed by atoms with Crippen molar-refractivity contribution in [3.8, 4) is 10.8 Å². The number of furan rings is 1. The van der Waals surface area contributed by atoms with Crippen molar-refractivity contribution in [2.24, 2.45) is 0 Å². The lowest BCUT2D eigenvalue weighted by Gasteiger charge is -1.96. The Balaban J connectivity index is 1.54. The van der Waals surface area contributed by atoms with E-state index >= 15 is 0 Å². The van der Waals surface area contributed by atoms with Crippen LogP contribution >= 0.6 is 22.7 Å². The summed E-state index contributed by atoms with van der Waals surface area (Å²) in [4.78, 5) is 16.6. The molecule has 6 nitrogen and oxygen atoms in total. The molecule has 126 valence electrons. The van der Waals surface area contributed by atoms with Crippen LogP contribution in [0.25, 0.3) is 21.0 Å². The average Bonchev–Trinajstić information content (AvgIpc) is 3.32. The van der Waals surface area contributed by atoms with Gasteiger partial charge in [0.25, 0.3) is 12.3 Å². The molecule has 0 bridgehead atoms. The van der Waals surface area contributed by atoms with Crippen LogP contribution in [0.1, 0.15) is 22.0 Å². The number of nitrogens with one attached hydrogen (secondary N) is 1. The van der Waals surface area contributed by atoms with E-state index in [9.17, 15) is 13.6 Å². The molecule has 0 aliphatic carbocycles. The molecule has 0 radical (unpaired) electrons. The van der Waals surface area contributed by atoms with Crippen LogP contribution in [0.5, 0.6) is 0 Å². The molecular formula is C15H8F2N4O2S2. The molecule has 0 aliphatic heterocycles. The number of carbonyl (C=O) groups is 1. The number of hydrogen-bond acceptors (Lipinski definition) is 7. The van der Waals surface area contributed by atoms with Crippen LogP contribution < -0.4 is 5.32 Å². The summed E-state index contributed by atoms with van der Waals surface area (Å²) in [6.07, 6.45) is -2.72. The lowest BCUT2D eigenvalue weighted by atomic mass is 10.3. The summed E-state index contributed by atoms with van der Waals surface area (Å²) in [5, 5.41) is 9.37. The van der Waals surface area contributed by atoms with Crippen LogP contribution in [0, 0.1) is 0 Å². The first-order valence-corrected chi connectivity index (χ1v) is 8.62. The van der Waals surface area contributed by atoms with Crippen LogP contribution in [0.2, 0.25) is 0 Å². The zero-order valence-electron chi connectivity index (χ0n) is 12.3. The number of para-hydroxylation sites is 1. The quantitative estimate of drug-likeness (QED) is 0.561. The molecule has 10 heteroatoms. The summed E-state index contributed by atoms with van der Waals surface area (Å²) in [6.45, 7) is 0. The molecule has 0 unspecified atom stereocenters. The number of benzene rings is 1. The van der Waals surface area contributed by atoms with Gasteiger partial charge >= 0.3 is 0 Å². The van der Waals surface area contributed by atoms with Crippen LogP contribution in [0.4, 0.5) is 13.9 Å². The zero-order chi connectivity index (χ0) is 17.4. The SMILES string of the molecule is O=C(Nc1nnc(C(F)F)s1)c1ccc(-c2nc3ccccc3s2)o1. The molecule has 25 heavy (non-hydrogen) atoms. The molecule has 0 fully saturated rings. The molecule has 3 aromatic heterocycles. The van der Waals surface area contributed by atoms with Gasteiger partial charge in [0.15, 0.2) is 21.5 Å². The van der Waals surface area contributed by atoms with Crippen molar-refractivity contribution >= 4 is 43.9 Å². The number of aromatic nitrogens is 3. The number of thiazole rings is 1. The minimum Gasteiger partial charge on any atom is -0.448 e. The number of amides is 1. The Bertz CT molecular complexity index is 1020. The average molecular weight is 378 g/mol. The summed E-state index contributed by atoms with van der Waals surface area (Å²) in [5.74, 6) is -0.107. The van der Waals surface area contributed by atoms with Crippen molar-refractivity contribution in [1.82, 2.24) is 15.2 Å². The second-order valence-corrected chi connectivity index (χ2v) is 6.89. The van der Waals surface area contributed by atoms with E-state index in [0.29, 0.717) is 22.1 Å². The second-order valence-electron chi connectivity index (χ2n) is 4.85. The Kier molecular flexibility index (Phi) is 3.98. The summed E-state index contributed by atoms with van der Waals surface area (Å²) in [5.41, 5.74) is 0.846. The molecule has 1 N–H and O–H groups in total. The lowest BCUT2D eigenvalue weighted by Crippen LogP contribution is -2.10. The zero-order valence-corrected chi connectivity index (χ0v) is 13.9. The van der Waals surface area contributed by atoms with E-state index in [-0.39, 0.29) is 10.9 Å². The molecule has 4 rings (SSSR count). The van der Waals surface area contributed by atoms with Gasteiger partial charge < -0.3 is 4.42 Å². The van der Waals surface area contributed by atoms with Gasteiger partial charge in [-0.15, -0.1) is 21.5 Å². The molecule has 0 saturated heterocycles. The minimum atomic E-state index is -2.72. The monoisotopic (exact) mass is 378 g/mol. The summed E-state index contributed by atoms with van der Waals surface area (Å²) < 4.78 is 31.5. The van der Waals surface area contributed by atoms with Crippen LogP contribution in [-0.4, -0.2) is 21.1 Å². The molecule has 4 aromatic rings. The standard InChI is InChI=1S/C15H8F2N4O2S2/c16-11(17)14-20-21-15(25-14)19-12(22)8-5-6-9(23-8)13-18-7-3-1-2-4-10(7)24-13/h1-6,11H,(H,19,21,22). The Labute approximate surface area is 147 Å². The minimum absolute atomic E-state index is 0.0155. The van der Waals surface area contributed by atoms with Gasteiger partial charge in [-0.05, 0) is 24.3 Å². The molecule has 3 heterocycles. The molecule has 0 aliphatic rings. The van der Waals surface area contributed by atoms with Crippen molar-refractivity contribution in [3.63, 3.8) is 0 Å². The highest BCUT2D eigenvalue weighted by molar-refractivity contribution is 7.21. The van der Waals surface area contributed by atoms with Gasteiger partial charge in [0.2, 0.25) is 5.13 Å². The van der Waals surface area contributed by atoms with E-state index in [1.54, 1.807) is 6.07 Å². The second kappa shape index (κ2) is 6.30. The molecule has 0 saturated carbocycles. The van der Waals surface area contributed by atoms with Gasteiger partial charge in [-0.3, -0.25) is 10.1 Å². The summed E-state index contributed by atoms with van der Waals surface area (Å²) >= 11 is 2.06. The molecule has 0 spiro atoms. The number of halogens is 2. The number of carbonyl (C=O) groups excluding carboxylic acids is 1. The number of hydrogen-bond donors (Lipinski definition) is 1. The van der Waals surface area contributed by atoms with Gasteiger partial charge in [0.1, 0.15) is 0 Å². The van der Waals surface area contributed by atoms with Gasteiger partial charge in [-0.25, -0.2) is 13.8 Å². The lowest BCUT2D eigenvalue weighted by molar-refractivity contribution is 0.0997. The highest BCUT2D eigenvalue weighted by Crippen LogP contribution is 2.31. The molecule has 1 amide bonds. The Morgan fingerprint density at radius 3 is 2.72 bits per heavy atom. The van der Waals surface area contributed by atoms with E-state index in [2.05, 4.69) is 20.5 Å². The highest BCUT2D eigenvalue weighted by Gasteiger charge is 2.18. The predicted molar refractivity (Wildman–Crippen MR) is 90.1 cm³/mol. The number of anilines is 1. The predicted octanol–water partition coefficient (Wildman–Crippen LogP) is 4.60. The summed E-state index contributed by atoms with van der Waals surface area (Å²) in [6, 6.07) is 10.8. The third kappa shape index (κ3) is 3.13. The first kappa shape index (κ1) is 15.8. The van der Waals surface area contributed by atoms with E-state index in [4.69, 9.17) is 4.42 Å². The van der Waals surface area contributed by atoms with Gasteiger partial charge in [-0.2, -0.15) is 0 Å². The largest absolute Gasteiger partial charge is 0.448 e. The van der Waals surface area contributed by atoms with Crippen LogP contribution in [0.3, 0.4) is 0 Å². The van der Waals surface area contributed by atoms with E-state index in [0.717, 1.165) is 10.2 Å². The Morgan fingerprint density at radius 2 is 1.96 bits per heavy atom. The van der Waals surface area contributed by atoms with Crippen molar-refractivity contribution in [3.05, 3.63) is 47.2 Å². The molecule has 1 aromatic carbocycles. The maximum Gasteiger partial charge on any atom is 0.293 e. The van der Waals surface area contributed by atoms with Crippen molar-refractivity contribution in [1.29, 1.82) is 0 Å². The Morgan fingerprint density at radius 1 is 1.12 bits per heavy atom. The summed E-state index contributed by atoms with van der Waals surface area (Å²) in [7, 11) is 0.